The van der Waals surface area contributed by atoms with Crippen LogP contribution in [0.5, 0.6) is 0 Å². The van der Waals surface area contributed by atoms with Gasteiger partial charge in [0.2, 0.25) is 10.0 Å². The van der Waals surface area contributed by atoms with Gasteiger partial charge in [0, 0.05) is 25.3 Å². The van der Waals surface area contributed by atoms with Gasteiger partial charge in [-0.1, -0.05) is 69.4 Å². The Labute approximate surface area is 220 Å². The van der Waals surface area contributed by atoms with Crippen LogP contribution in [0.2, 0.25) is 5.02 Å². The van der Waals surface area contributed by atoms with E-state index in [2.05, 4.69) is 10.6 Å². The molecule has 1 heterocycles. The molecule has 0 aromatic heterocycles. The van der Waals surface area contributed by atoms with Gasteiger partial charge in [0.15, 0.2) is 0 Å². The van der Waals surface area contributed by atoms with Crippen LogP contribution in [-0.2, 0) is 19.6 Å². The zero-order valence-electron chi connectivity index (χ0n) is 20.8. The summed E-state index contributed by atoms with van der Waals surface area (Å²) in [5, 5.41) is 15.8. The van der Waals surface area contributed by atoms with Crippen LogP contribution < -0.4 is 10.6 Å². The van der Waals surface area contributed by atoms with Gasteiger partial charge in [-0.15, -0.1) is 0 Å². The van der Waals surface area contributed by atoms with Crippen LogP contribution in [0.15, 0.2) is 34.9 Å². The highest BCUT2D eigenvalue weighted by Gasteiger charge is 2.27. The lowest BCUT2D eigenvalue weighted by molar-refractivity contribution is -0.117. The molecule has 1 saturated carbocycles. The largest absolute Gasteiger partial charge is 0.379 e. The fourth-order valence-corrected chi connectivity index (χ4v) is 6.19. The Balaban J connectivity index is 1.66. The van der Waals surface area contributed by atoms with E-state index < -0.39 is 15.9 Å². The molecule has 0 unspecified atom stereocenters. The van der Waals surface area contributed by atoms with E-state index in [9.17, 15) is 18.5 Å². The molecule has 0 atom stereocenters. The van der Waals surface area contributed by atoms with E-state index in [4.69, 9.17) is 16.3 Å². The molecule has 0 spiro atoms. The second-order valence-corrected chi connectivity index (χ2v) is 11.7. The molecule has 1 saturated heterocycles. The fourth-order valence-electron chi connectivity index (χ4n) is 4.58. The van der Waals surface area contributed by atoms with E-state index in [1.165, 1.54) is 60.8 Å². The Kier molecular flexibility index (Phi) is 11.5. The number of benzene rings is 1. The highest BCUT2D eigenvalue weighted by Crippen LogP contribution is 2.27. The number of carbonyl (C=O) groups excluding carboxylic acids is 1. The molecule has 1 aromatic carbocycles. The number of nitrogens with zero attached hydrogens (tertiary/aromatic N) is 2. The van der Waals surface area contributed by atoms with Crippen LogP contribution >= 0.6 is 11.6 Å². The van der Waals surface area contributed by atoms with Crippen molar-refractivity contribution in [2.24, 2.45) is 0 Å². The summed E-state index contributed by atoms with van der Waals surface area (Å²) < 4.78 is 32.6. The van der Waals surface area contributed by atoms with E-state index >= 15 is 0 Å². The number of morpholine rings is 1. The van der Waals surface area contributed by atoms with Gasteiger partial charge in [-0.3, -0.25) is 4.79 Å². The summed E-state index contributed by atoms with van der Waals surface area (Å²) in [6.45, 7) is 1.27. The van der Waals surface area contributed by atoms with Crippen molar-refractivity contribution in [3.8, 4) is 6.07 Å². The number of rotatable bonds is 6. The molecule has 1 aliphatic carbocycles. The number of nitrogens with one attached hydrogen (secondary N) is 2. The van der Waals surface area contributed by atoms with Crippen LogP contribution in [0.3, 0.4) is 0 Å². The molecule has 2 N–H and O–H groups in total. The van der Waals surface area contributed by atoms with Crippen molar-refractivity contribution < 1.29 is 17.9 Å². The molecule has 198 valence electrons. The first kappa shape index (κ1) is 28.5. The third kappa shape index (κ3) is 8.48. The summed E-state index contributed by atoms with van der Waals surface area (Å²) in [4.78, 5) is 13.0. The lowest BCUT2D eigenvalue weighted by Crippen LogP contribution is -2.40. The minimum atomic E-state index is -3.71. The first-order valence-corrected chi connectivity index (χ1v) is 14.8. The number of carbonyl (C=O) groups is 1. The molecule has 3 rings (SSSR count). The third-order valence-electron chi connectivity index (χ3n) is 6.72. The summed E-state index contributed by atoms with van der Waals surface area (Å²) in [6, 6.07) is 6.35. The first-order valence-electron chi connectivity index (χ1n) is 13.0. The van der Waals surface area contributed by atoms with Crippen molar-refractivity contribution in [1.82, 2.24) is 9.62 Å². The van der Waals surface area contributed by atoms with E-state index in [1.54, 1.807) is 0 Å². The number of hydrogen-bond acceptors (Lipinski definition) is 6. The van der Waals surface area contributed by atoms with E-state index in [0.717, 1.165) is 38.5 Å². The fraction of sp³-hybridized carbons (Fsp3) is 0.615. The minimum Gasteiger partial charge on any atom is -0.379 e. The Bertz CT molecular complexity index is 1040. The normalized spacial score (nSPS) is 19.9. The Morgan fingerprint density at radius 3 is 2.19 bits per heavy atom. The van der Waals surface area contributed by atoms with Crippen LogP contribution in [0.25, 0.3) is 0 Å². The molecule has 1 amide bonds. The average molecular weight is 537 g/mol. The zero-order chi connectivity index (χ0) is 25.8. The number of halogens is 1. The number of ether oxygens (including phenoxy) is 1. The molecule has 2 fully saturated rings. The maximum absolute atomic E-state index is 13.0. The average Bonchev–Trinajstić information content (AvgIpc) is 2.87. The number of amides is 1. The van der Waals surface area contributed by atoms with Gasteiger partial charge in [0.1, 0.15) is 11.6 Å². The predicted molar refractivity (Wildman–Crippen MR) is 141 cm³/mol. The maximum Gasteiger partial charge on any atom is 0.263 e. The molecule has 36 heavy (non-hydrogen) atoms. The maximum atomic E-state index is 13.0. The van der Waals surface area contributed by atoms with Gasteiger partial charge in [0.25, 0.3) is 5.91 Å². The summed E-state index contributed by atoms with van der Waals surface area (Å²) in [5.74, 6) is -0.435. The van der Waals surface area contributed by atoms with Crippen molar-refractivity contribution in [1.29, 1.82) is 5.26 Å². The highest BCUT2D eigenvalue weighted by atomic mass is 35.5. The van der Waals surface area contributed by atoms with E-state index in [0.29, 0.717) is 18.9 Å². The lowest BCUT2D eigenvalue weighted by Gasteiger charge is -2.26. The zero-order valence-corrected chi connectivity index (χ0v) is 22.4. The van der Waals surface area contributed by atoms with Gasteiger partial charge >= 0.3 is 0 Å². The van der Waals surface area contributed by atoms with Crippen LogP contribution in [0.4, 0.5) is 5.69 Å². The van der Waals surface area contributed by atoms with Gasteiger partial charge < -0.3 is 15.4 Å². The minimum absolute atomic E-state index is 0.0410. The Morgan fingerprint density at radius 1 is 1.03 bits per heavy atom. The predicted octanol–water partition coefficient (Wildman–Crippen LogP) is 4.97. The van der Waals surface area contributed by atoms with Crippen molar-refractivity contribution in [3.63, 3.8) is 0 Å². The molecule has 1 aliphatic heterocycles. The van der Waals surface area contributed by atoms with E-state index in [-0.39, 0.29) is 34.6 Å². The monoisotopic (exact) mass is 536 g/mol. The molecule has 0 bridgehead atoms. The summed E-state index contributed by atoms with van der Waals surface area (Å²) in [6.07, 6.45) is 13.9. The van der Waals surface area contributed by atoms with Crippen molar-refractivity contribution in [3.05, 3.63) is 35.0 Å². The molecule has 1 aromatic rings. The number of nitriles is 1. The molecule has 10 heteroatoms. The van der Waals surface area contributed by atoms with E-state index in [1.807, 2.05) is 6.07 Å². The van der Waals surface area contributed by atoms with Gasteiger partial charge in [-0.25, -0.2) is 8.42 Å². The van der Waals surface area contributed by atoms with Gasteiger partial charge in [0.05, 0.1) is 28.8 Å². The molecular weight excluding hydrogens is 500 g/mol. The Morgan fingerprint density at radius 2 is 1.61 bits per heavy atom. The third-order valence-corrected chi connectivity index (χ3v) is 8.95. The highest BCUT2D eigenvalue weighted by molar-refractivity contribution is 7.89. The molecule has 8 nitrogen and oxygen atoms in total. The van der Waals surface area contributed by atoms with Crippen molar-refractivity contribution in [2.75, 3.05) is 31.6 Å². The summed E-state index contributed by atoms with van der Waals surface area (Å²) in [5.41, 5.74) is 0.219. The number of hydrogen-bond donors (Lipinski definition) is 2. The smallest absolute Gasteiger partial charge is 0.263 e. The molecular formula is C26H37ClN4O4S. The quantitative estimate of drug-likeness (QED) is 0.392. The SMILES string of the molecule is N#C/C(=C/Nc1cc(S(=O)(=O)N2CCOCC2)ccc1Cl)C(=O)NC1CCCCCCCCCCC1. The first-order chi connectivity index (χ1) is 17.4. The molecule has 2 aliphatic rings. The van der Waals surface area contributed by atoms with Gasteiger partial charge in [-0.2, -0.15) is 9.57 Å². The second kappa shape index (κ2) is 14.6. The summed E-state index contributed by atoms with van der Waals surface area (Å²) >= 11 is 6.28. The van der Waals surface area contributed by atoms with Crippen LogP contribution in [-0.4, -0.2) is 51.0 Å². The summed E-state index contributed by atoms with van der Waals surface area (Å²) in [7, 11) is -3.71. The van der Waals surface area contributed by atoms with Crippen LogP contribution in [0, 0.1) is 11.3 Å². The standard InChI is InChI=1S/C26H37ClN4O4S/c27-24-13-12-23(36(33,34)31-14-16-35-17-15-31)18-25(24)29-20-21(19-28)26(32)30-22-10-8-6-4-2-1-3-5-7-9-11-22/h12-13,18,20,22,29H,1-11,14-17H2,(H,30,32)/b21-20-. The lowest BCUT2D eigenvalue weighted by atomic mass is 9.98. The number of sulfonamides is 1. The van der Waals surface area contributed by atoms with Crippen molar-refractivity contribution >= 4 is 33.2 Å². The topological polar surface area (TPSA) is 112 Å². The van der Waals surface area contributed by atoms with Gasteiger partial charge in [-0.05, 0) is 31.0 Å². The van der Waals surface area contributed by atoms with Crippen molar-refractivity contribution in [2.45, 2.75) is 81.6 Å². The Hall–Kier alpha value is -2.12. The van der Waals surface area contributed by atoms with Crippen LogP contribution in [0.1, 0.15) is 70.6 Å². The second-order valence-electron chi connectivity index (χ2n) is 9.40. The molecule has 0 radical (unpaired) electrons. The number of anilines is 1.